The minimum Gasteiger partial charge on any atom is -0.382 e. The van der Waals surface area contributed by atoms with Gasteiger partial charge in [-0.25, -0.2) is 0 Å². The molecular formula is C17H27N3O. The van der Waals surface area contributed by atoms with E-state index < -0.39 is 0 Å². The molecule has 1 aliphatic rings. The number of hydrogen-bond donors (Lipinski definition) is 3. The lowest BCUT2D eigenvalue weighted by Crippen LogP contribution is -2.45. The number of hydrogen-bond acceptors (Lipinski definition) is 3. The Morgan fingerprint density at radius 2 is 1.71 bits per heavy atom. The first kappa shape index (κ1) is 15.7. The Labute approximate surface area is 127 Å². The Morgan fingerprint density at radius 1 is 1.10 bits per heavy atom. The number of amides is 1. The predicted octanol–water partition coefficient (Wildman–Crippen LogP) is 3.47. The molecule has 3 N–H and O–H groups in total. The van der Waals surface area contributed by atoms with Crippen LogP contribution in [0.15, 0.2) is 18.2 Å². The van der Waals surface area contributed by atoms with E-state index in [-0.39, 0.29) is 16.9 Å². The van der Waals surface area contributed by atoms with E-state index in [1.165, 1.54) is 0 Å². The molecule has 116 valence electrons. The second kappa shape index (κ2) is 5.58. The Bertz CT molecular complexity index is 529. The lowest BCUT2D eigenvalue weighted by atomic mass is 9.81. The smallest absolute Gasteiger partial charge is 0.251 e. The minimum atomic E-state index is -0.225. The quantitative estimate of drug-likeness (QED) is 0.798. The van der Waals surface area contributed by atoms with Crippen molar-refractivity contribution in [2.24, 2.45) is 5.41 Å². The highest BCUT2D eigenvalue weighted by molar-refractivity contribution is 5.96. The van der Waals surface area contributed by atoms with Crippen molar-refractivity contribution >= 4 is 17.3 Å². The van der Waals surface area contributed by atoms with Crippen LogP contribution in [0.4, 0.5) is 11.4 Å². The van der Waals surface area contributed by atoms with Crippen LogP contribution in [0.2, 0.25) is 0 Å². The molecule has 0 saturated carbocycles. The average molecular weight is 289 g/mol. The topological polar surface area (TPSA) is 53.2 Å². The van der Waals surface area contributed by atoms with Gasteiger partial charge in [-0.15, -0.1) is 0 Å². The lowest BCUT2D eigenvalue weighted by Gasteiger charge is -2.33. The van der Waals surface area contributed by atoms with Gasteiger partial charge in [0.15, 0.2) is 0 Å². The molecule has 1 aromatic rings. The summed E-state index contributed by atoms with van der Waals surface area (Å²) in [5.74, 6) is -0.0144. The van der Waals surface area contributed by atoms with Crippen LogP contribution >= 0.6 is 0 Å². The van der Waals surface area contributed by atoms with Gasteiger partial charge in [-0.3, -0.25) is 4.79 Å². The van der Waals surface area contributed by atoms with Crippen LogP contribution in [0, 0.1) is 5.41 Å². The summed E-state index contributed by atoms with van der Waals surface area (Å²) < 4.78 is 0. The molecule has 2 rings (SSSR count). The van der Waals surface area contributed by atoms with Crippen LogP contribution in [0.3, 0.4) is 0 Å². The highest BCUT2D eigenvalue weighted by Gasteiger charge is 2.27. The van der Waals surface area contributed by atoms with Crippen LogP contribution < -0.4 is 16.0 Å². The second-order valence-electron chi connectivity index (χ2n) is 7.69. The Hall–Kier alpha value is -1.71. The predicted molar refractivity (Wildman–Crippen MR) is 89.0 cm³/mol. The van der Waals surface area contributed by atoms with Crippen LogP contribution in [0.25, 0.3) is 0 Å². The summed E-state index contributed by atoms with van der Waals surface area (Å²) in [5, 5.41) is 9.78. The van der Waals surface area contributed by atoms with Crippen LogP contribution in [0.5, 0.6) is 0 Å². The molecule has 0 aromatic heterocycles. The average Bonchev–Trinajstić information content (AvgIpc) is 2.34. The summed E-state index contributed by atoms with van der Waals surface area (Å²) in [6.45, 7) is 12.5. The van der Waals surface area contributed by atoms with Gasteiger partial charge in [-0.2, -0.15) is 0 Å². The van der Waals surface area contributed by atoms with Crippen LogP contribution in [-0.4, -0.2) is 24.5 Å². The molecule has 1 aromatic carbocycles. The molecule has 4 heteroatoms. The van der Waals surface area contributed by atoms with Gasteiger partial charge in [0.1, 0.15) is 0 Å². The zero-order valence-electron chi connectivity index (χ0n) is 13.8. The molecule has 1 amide bonds. The molecule has 0 fully saturated rings. The summed E-state index contributed by atoms with van der Waals surface area (Å²) >= 11 is 0. The maximum Gasteiger partial charge on any atom is 0.251 e. The SMILES string of the molecule is CC(C)(C)CC(C)(C)NC(=O)c1ccc2c(c1)NCCN2. The molecule has 0 atom stereocenters. The Morgan fingerprint density at radius 3 is 2.33 bits per heavy atom. The highest BCUT2D eigenvalue weighted by Crippen LogP contribution is 2.28. The number of carbonyl (C=O) groups is 1. The van der Waals surface area contributed by atoms with Crippen molar-refractivity contribution in [3.05, 3.63) is 23.8 Å². The molecule has 1 heterocycles. The maximum absolute atomic E-state index is 12.5. The van der Waals surface area contributed by atoms with Crippen LogP contribution in [0.1, 0.15) is 51.4 Å². The second-order valence-corrected chi connectivity index (χ2v) is 7.69. The van der Waals surface area contributed by atoms with Gasteiger partial charge >= 0.3 is 0 Å². The van der Waals surface area contributed by atoms with Gasteiger partial charge in [0.25, 0.3) is 5.91 Å². The van der Waals surface area contributed by atoms with Gasteiger partial charge in [0.2, 0.25) is 0 Å². The fourth-order valence-corrected chi connectivity index (χ4v) is 3.13. The summed E-state index contributed by atoms with van der Waals surface area (Å²) in [6.07, 6.45) is 0.927. The monoisotopic (exact) mass is 289 g/mol. The summed E-state index contributed by atoms with van der Waals surface area (Å²) in [4.78, 5) is 12.5. The number of carbonyl (C=O) groups excluding carboxylic acids is 1. The fraction of sp³-hybridized carbons (Fsp3) is 0.588. The largest absolute Gasteiger partial charge is 0.382 e. The molecule has 0 bridgehead atoms. The zero-order chi connectivity index (χ0) is 15.7. The lowest BCUT2D eigenvalue weighted by molar-refractivity contribution is 0.0891. The van der Waals surface area contributed by atoms with Gasteiger partial charge in [-0.1, -0.05) is 20.8 Å². The normalized spacial score (nSPS) is 14.7. The summed E-state index contributed by atoms with van der Waals surface area (Å²) in [7, 11) is 0. The zero-order valence-corrected chi connectivity index (χ0v) is 13.8. The Balaban J connectivity index is 2.10. The van der Waals surface area contributed by atoms with Crippen molar-refractivity contribution in [2.75, 3.05) is 23.7 Å². The van der Waals surface area contributed by atoms with E-state index in [1.54, 1.807) is 0 Å². The third kappa shape index (κ3) is 4.38. The molecular weight excluding hydrogens is 262 g/mol. The maximum atomic E-state index is 12.5. The number of rotatable bonds is 3. The fourth-order valence-electron chi connectivity index (χ4n) is 3.13. The third-order valence-corrected chi connectivity index (χ3v) is 3.46. The molecule has 0 saturated heterocycles. The van der Waals surface area contributed by atoms with E-state index >= 15 is 0 Å². The minimum absolute atomic E-state index is 0.0144. The third-order valence-electron chi connectivity index (χ3n) is 3.46. The van der Waals surface area contributed by atoms with Crippen molar-refractivity contribution in [1.29, 1.82) is 0 Å². The molecule has 0 radical (unpaired) electrons. The van der Waals surface area contributed by atoms with E-state index in [1.807, 2.05) is 18.2 Å². The number of fused-ring (bicyclic) bond motifs is 1. The van der Waals surface area contributed by atoms with E-state index in [0.29, 0.717) is 5.56 Å². The van der Waals surface area contributed by atoms with Gasteiger partial charge in [0, 0.05) is 24.2 Å². The number of anilines is 2. The number of benzene rings is 1. The first-order valence-electron chi connectivity index (χ1n) is 7.61. The van der Waals surface area contributed by atoms with Crippen LogP contribution in [-0.2, 0) is 0 Å². The summed E-state index contributed by atoms with van der Waals surface area (Å²) in [6, 6.07) is 5.76. The van der Waals surface area contributed by atoms with Crippen molar-refractivity contribution in [1.82, 2.24) is 5.32 Å². The molecule has 4 nitrogen and oxygen atoms in total. The van der Waals surface area contributed by atoms with Gasteiger partial charge < -0.3 is 16.0 Å². The standard InChI is InChI=1S/C17H27N3O/c1-16(2,3)11-17(4,5)20-15(21)12-6-7-13-14(10-12)19-9-8-18-13/h6-7,10,18-19H,8-9,11H2,1-5H3,(H,20,21). The molecule has 0 unspecified atom stereocenters. The summed E-state index contributed by atoms with van der Waals surface area (Å²) in [5.41, 5.74) is 2.72. The van der Waals surface area contributed by atoms with E-state index in [0.717, 1.165) is 30.9 Å². The van der Waals surface area contributed by atoms with E-state index in [2.05, 4.69) is 50.6 Å². The highest BCUT2D eigenvalue weighted by atomic mass is 16.1. The molecule has 21 heavy (non-hydrogen) atoms. The van der Waals surface area contributed by atoms with Crippen molar-refractivity contribution in [3.8, 4) is 0 Å². The van der Waals surface area contributed by atoms with Gasteiger partial charge in [-0.05, 0) is 43.9 Å². The first-order valence-corrected chi connectivity index (χ1v) is 7.61. The molecule has 0 spiro atoms. The number of nitrogens with one attached hydrogen (secondary N) is 3. The van der Waals surface area contributed by atoms with Crippen molar-refractivity contribution < 1.29 is 4.79 Å². The van der Waals surface area contributed by atoms with Crippen molar-refractivity contribution in [3.63, 3.8) is 0 Å². The van der Waals surface area contributed by atoms with E-state index in [9.17, 15) is 4.79 Å². The molecule has 1 aliphatic heterocycles. The first-order chi connectivity index (χ1) is 9.66. The molecule has 0 aliphatic carbocycles. The van der Waals surface area contributed by atoms with Crippen molar-refractivity contribution in [2.45, 2.75) is 46.6 Å². The van der Waals surface area contributed by atoms with E-state index in [4.69, 9.17) is 0 Å². The Kier molecular flexibility index (Phi) is 4.17. The van der Waals surface area contributed by atoms with Gasteiger partial charge in [0.05, 0.1) is 11.4 Å².